The number of imide groups is 1. The fourth-order valence-electron chi connectivity index (χ4n) is 3.50. The van der Waals surface area contributed by atoms with Gasteiger partial charge in [-0.25, -0.2) is 0 Å². The van der Waals surface area contributed by atoms with Crippen molar-refractivity contribution in [2.75, 3.05) is 26.5 Å². The van der Waals surface area contributed by atoms with Gasteiger partial charge in [-0.3, -0.25) is 14.5 Å². The van der Waals surface area contributed by atoms with E-state index in [9.17, 15) is 9.59 Å². The van der Waals surface area contributed by atoms with Crippen LogP contribution in [0.2, 0.25) is 0 Å². The van der Waals surface area contributed by atoms with Crippen LogP contribution in [-0.4, -0.2) is 49.3 Å². The molecule has 1 aliphatic heterocycles. The first-order chi connectivity index (χ1) is 15.4. The Morgan fingerprint density at radius 3 is 2.38 bits per heavy atom. The Labute approximate surface area is 196 Å². The van der Waals surface area contributed by atoms with E-state index in [1.807, 2.05) is 37.3 Å². The lowest BCUT2D eigenvalue weighted by Crippen LogP contribution is -2.30. The number of nitrogens with zero attached hydrogens (tertiary/aromatic N) is 1. The standard InChI is InChI=1S/C14H17NO3.C12H18OS/c1-3-18-12-11(13(16)15(2)14(12)17)9-10-7-5-4-6-8-10;1-4-5-8-13-11-7-6-10(2)9-12(11)14-3/h4-8,11-12H,3,9H2,1-2H3;6-7,9H,4-5,8H2,1-3H3. The molecule has 2 unspecified atom stereocenters. The molecule has 174 valence electrons. The molecule has 0 aromatic heterocycles. The molecule has 2 amide bonds. The Hall–Kier alpha value is -2.31. The van der Waals surface area contributed by atoms with Crippen molar-refractivity contribution in [2.24, 2.45) is 5.92 Å². The van der Waals surface area contributed by atoms with Gasteiger partial charge >= 0.3 is 0 Å². The number of carbonyl (C=O) groups is 2. The van der Waals surface area contributed by atoms with E-state index in [0.29, 0.717) is 13.0 Å². The van der Waals surface area contributed by atoms with E-state index in [4.69, 9.17) is 9.47 Å². The molecular formula is C26H35NO4S. The number of carbonyl (C=O) groups excluding carboxylic acids is 2. The molecule has 0 saturated carbocycles. The van der Waals surface area contributed by atoms with Crippen LogP contribution < -0.4 is 4.74 Å². The Balaban J connectivity index is 0.000000235. The lowest BCUT2D eigenvalue weighted by Gasteiger charge is -2.14. The summed E-state index contributed by atoms with van der Waals surface area (Å²) in [7, 11) is 1.52. The van der Waals surface area contributed by atoms with E-state index in [2.05, 4.69) is 38.3 Å². The van der Waals surface area contributed by atoms with Crippen molar-refractivity contribution in [3.05, 3.63) is 59.7 Å². The number of benzene rings is 2. The summed E-state index contributed by atoms with van der Waals surface area (Å²) in [6, 6.07) is 16.0. The van der Waals surface area contributed by atoms with Gasteiger partial charge in [0.05, 0.1) is 12.5 Å². The molecule has 0 spiro atoms. The van der Waals surface area contributed by atoms with E-state index in [0.717, 1.165) is 24.3 Å². The Bertz CT molecular complexity index is 871. The predicted molar refractivity (Wildman–Crippen MR) is 130 cm³/mol. The molecular weight excluding hydrogens is 422 g/mol. The molecule has 1 saturated heterocycles. The molecule has 2 atom stereocenters. The largest absolute Gasteiger partial charge is 0.492 e. The quantitative estimate of drug-likeness (QED) is 0.296. The van der Waals surface area contributed by atoms with Crippen LogP contribution in [0.15, 0.2) is 53.4 Å². The van der Waals surface area contributed by atoms with Crippen molar-refractivity contribution in [3.8, 4) is 5.75 Å². The molecule has 0 N–H and O–H groups in total. The summed E-state index contributed by atoms with van der Waals surface area (Å²) >= 11 is 1.74. The monoisotopic (exact) mass is 457 g/mol. The fraction of sp³-hybridized carbons (Fsp3) is 0.462. The Kier molecular flexibility index (Phi) is 10.8. The number of aryl methyl sites for hydroxylation is 1. The maximum absolute atomic E-state index is 12.0. The minimum atomic E-state index is -0.632. The van der Waals surface area contributed by atoms with Crippen LogP contribution in [0.4, 0.5) is 0 Å². The van der Waals surface area contributed by atoms with E-state index < -0.39 is 12.0 Å². The molecule has 0 radical (unpaired) electrons. The summed E-state index contributed by atoms with van der Waals surface area (Å²) in [6.07, 6.45) is 4.30. The molecule has 0 aliphatic carbocycles. The SMILES string of the molecule is CCCCOc1ccc(C)cc1SC.CCOC1C(=O)N(C)C(=O)C1Cc1ccccc1. The summed E-state index contributed by atoms with van der Waals surface area (Å²) in [5.74, 6) is 0.242. The molecule has 32 heavy (non-hydrogen) atoms. The number of hydrogen-bond acceptors (Lipinski definition) is 5. The van der Waals surface area contributed by atoms with Gasteiger partial charge in [0.25, 0.3) is 5.91 Å². The highest BCUT2D eigenvalue weighted by atomic mass is 32.2. The number of ether oxygens (including phenoxy) is 2. The Morgan fingerprint density at radius 1 is 1.03 bits per heavy atom. The highest BCUT2D eigenvalue weighted by Gasteiger charge is 2.46. The number of amides is 2. The summed E-state index contributed by atoms with van der Waals surface area (Å²) in [5, 5.41) is 0. The zero-order valence-corrected chi connectivity index (χ0v) is 20.6. The average molecular weight is 458 g/mol. The molecule has 0 bridgehead atoms. The third-order valence-electron chi connectivity index (χ3n) is 5.31. The van der Waals surface area contributed by atoms with Crippen molar-refractivity contribution >= 4 is 23.6 Å². The van der Waals surface area contributed by atoms with Gasteiger partial charge < -0.3 is 9.47 Å². The van der Waals surface area contributed by atoms with Gasteiger partial charge in [-0.15, -0.1) is 11.8 Å². The third kappa shape index (κ3) is 7.10. The third-order valence-corrected chi connectivity index (χ3v) is 6.07. The van der Waals surface area contributed by atoms with E-state index in [1.54, 1.807) is 11.8 Å². The first kappa shape index (κ1) is 25.9. The zero-order valence-electron chi connectivity index (χ0n) is 19.8. The lowest BCUT2D eigenvalue weighted by molar-refractivity contribution is -0.140. The predicted octanol–water partition coefficient (Wildman–Crippen LogP) is 5.14. The number of rotatable bonds is 9. The van der Waals surface area contributed by atoms with Gasteiger partial charge in [0.1, 0.15) is 11.9 Å². The van der Waals surface area contributed by atoms with Crippen LogP contribution >= 0.6 is 11.8 Å². The lowest BCUT2D eigenvalue weighted by atomic mass is 9.96. The van der Waals surface area contributed by atoms with Crippen LogP contribution in [0.3, 0.4) is 0 Å². The molecule has 2 aromatic rings. The minimum Gasteiger partial charge on any atom is -0.492 e. The Morgan fingerprint density at radius 2 is 1.75 bits per heavy atom. The van der Waals surface area contributed by atoms with Gasteiger partial charge in [-0.05, 0) is 56.2 Å². The fourth-order valence-corrected chi connectivity index (χ4v) is 4.13. The molecule has 2 aromatic carbocycles. The molecule has 1 heterocycles. The maximum Gasteiger partial charge on any atom is 0.258 e. The van der Waals surface area contributed by atoms with Gasteiger partial charge in [0.2, 0.25) is 5.91 Å². The summed E-state index contributed by atoms with van der Waals surface area (Å²) < 4.78 is 11.1. The second-order valence-corrected chi connectivity index (χ2v) is 8.61. The minimum absolute atomic E-state index is 0.151. The number of likely N-dealkylation sites (tertiary alicyclic amines) is 1. The first-order valence-electron chi connectivity index (χ1n) is 11.2. The molecule has 5 nitrogen and oxygen atoms in total. The zero-order chi connectivity index (χ0) is 23.5. The van der Waals surface area contributed by atoms with Crippen molar-refractivity contribution in [3.63, 3.8) is 0 Å². The summed E-state index contributed by atoms with van der Waals surface area (Å²) in [6.45, 7) is 7.37. The number of likely N-dealkylation sites (N-methyl/N-ethyl adjacent to an activating group) is 1. The number of unbranched alkanes of at least 4 members (excludes halogenated alkanes) is 1. The maximum atomic E-state index is 12.0. The van der Waals surface area contributed by atoms with Crippen molar-refractivity contribution < 1.29 is 19.1 Å². The van der Waals surface area contributed by atoms with Crippen molar-refractivity contribution in [2.45, 2.75) is 51.0 Å². The van der Waals surface area contributed by atoms with Crippen molar-refractivity contribution in [1.82, 2.24) is 4.90 Å². The van der Waals surface area contributed by atoms with E-state index in [-0.39, 0.29) is 11.8 Å². The van der Waals surface area contributed by atoms with E-state index in [1.165, 1.54) is 28.8 Å². The van der Waals surface area contributed by atoms with Gasteiger partial charge in [0, 0.05) is 18.6 Å². The second kappa shape index (κ2) is 13.3. The number of hydrogen-bond donors (Lipinski definition) is 0. The van der Waals surface area contributed by atoms with Gasteiger partial charge in [-0.2, -0.15) is 0 Å². The van der Waals surface area contributed by atoms with Crippen LogP contribution in [0.1, 0.15) is 37.8 Å². The topological polar surface area (TPSA) is 55.8 Å². The second-order valence-electron chi connectivity index (χ2n) is 7.76. The summed E-state index contributed by atoms with van der Waals surface area (Å²) in [5.41, 5.74) is 2.33. The average Bonchev–Trinajstić information content (AvgIpc) is 3.00. The van der Waals surface area contributed by atoms with Gasteiger partial charge in [-0.1, -0.05) is 49.7 Å². The summed E-state index contributed by atoms with van der Waals surface area (Å²) in [4.78, 5) is 26.3. The normalized spacial score (nSPS) is 17.8. The highest BCUT2D eigenvalue weighted by Crippen LogP contribution is 2.28. The smallest absolute Gasteiger partial charge is 0.258 e. The first-order valence-corrected chi connectivity index (χ1v) is 12.4. The van der Waals surface area contributed by atoms with Gasteiger partial charge in [0.15, 0.2) is 0 Å². The van der Waals surface area contributed by atoms with E-state index >= 15 is 0 Å². The van der Waals surface area contributed by atoms with Crippen LogP contribution in [0.5, 0.6) is 5.75 Å². The van der Waals surface area contributed by atoms with Crippen LogP contribution in [0, 0.1) is 12.8 Å². The highest BCUT2D eigenvalue weighted by molar-refractivity contribution is 7.98. The van der Waals surface area contributed by atoms with Crippen LogP contribution in [-0.2, 0) is 20.7 Å². The molecule has 1 fully saturated rings. The van der Waals surface area contributed by atoms with Crippen LogP contribution in [0.25, 0.3) is 0 Å². The molecule has 3 rings (SSSR count). The van der Waals surface area contributed by atoms with Crippen molar-refractivity contribution in [1.29, 1.82) is 0 Å². The molecule has 6 heteroatoms. The molecule has 1 aliphatic rings. The number of thioether (sulfide) groups is 1.